The molecule has 0 fully saturated rings. The van der Waals surface area contributed by atoms with Crippen LogP contribution in [0.4, 0.5) is 5.95 Å². The number of ether oxygens (including phenoxy) is 2. The largest absolute Gasteiger partial charge is 0.493 e. The van der Waals surface area contributed by atoms with E-state index in [0.717, 1.165) is 22.5 Å². The highest BCUT2D eigenvalue weighted by atomic mass is 16.5. The van der Waals surface area contributed by atoms with Crippen molar-refractivity contribution in [3.8, 4) is 11.5 Å². The van der Waals surface area contributed by atoms with Crippen LogP contribution in [0, 0.1) is 0 Å². The Morgan fingerprint density at radius 1 is 1.26 bits per heavy atom. The summed E-state index contributed by atoms with van der Waals surface area (Å²) in [4.78, 5) is 18.8. The third kappa shape index (κ3) is 2.99. The molecular formula is C18H19N6O3+. The summed E-state index contributed by atoms with van der Waals surface area (Å²) in [6.45, 7) is -0.227. The summed E-state index contributed by atoms with van der Waals surface area (Å²) < 4.78 is 12.8. The van der Waals surface area contributed by atoms with Gasteiger partial charge in [-0.2, -0.15) is 4.99 Å². The number of imidazole rings is 1. The van der Waals surface area contributed by atoms with E-state index in [4.69, 9.17) is 20.9 Å². The average molecular weight is 367 g/mol. The van der Waals surface area contributed by atoms with E-state index in [0.29, 0.717) is 17.5 Å². The fourth-order valence-corrected chi connectivity index (χ4v) is 3.12. The Labute approximate surface area is 154 Å². The van der Waals surface area contributed by atoms with Gasteiger partial charge in [-0.3, -0.25) is 4.79 Å². The van der Waals surface area contributed by atoms with Gasteiger partial charge in [0.15, 0.2) is 18.1 Å². The predicted molar refractivity (Wildman–Crippen MR) is 99.6 cm³/mol. The Morgan fingerprint density at radius 2 is 2.07 bits per heavy atom. The predicted octanol–water partition coefficient (Wildman–Crippen LogP) is 0.615. The quantitative estimate of drug-likeness (QED) is 0.491. The normalized spacial score (nSPS) is 15.6. The van der Waals surface area contributed by atoms with E-state index >= 15 is 0 Å². The van der Waals surface area contributed by atoms with Gasteiger partial charge >= 0.3 is 5.95 Å². The molecule has 4 rings (SSSR count). The number of fused-ring (bicyclic) bond motifs is 3. The Kier molecular flexibility index (Phi) is 4.03. The molecule has 0 saturated heterocycles. The molecule has 0 spiro atoms. The van der Waals surface area contributed by atoms with Gasteiger partial charge in [0.25, 0.3) is 11.9 Å². The monoisotopic (exact) mass is 367 g/mol. The molecule has 6 N–H and O–H groups in total. The van der Waals surface area contributed by atoms with Gasteiger partial charge < -0.3 is 20.9 Å². The second-order valence-electron chi connectivity index (χ2n) is 6.04. The highest BCUT2D eigenvalue weighted by molar-refractivity contribution is 5.92. The van der Waals surface area contributed by atoms with Crippen LogP contribution >= 0.6 is 0 Å². The average Bonchev–Trinajstić information content (AvgIpc) is 3.03. The van der Waals surface area contributed by atoms with Crippen LogP contribution in [0.15, 0.2) is 47.5 Å². The van der Waals surface area contributed by atoms with Crippen LogP contribution in [0.5, 0.6) is 11.5 Å². The number of H-pyrrole nitrogens is 1. The number of carbonyl (C=O) groups excluding carboxylic acids is 1. The lowest BCUT2D eigenvalue weighted by molar-refractivity contribution is -0.674. The van der Waals surface area contributed by atoms with Gasteiger partial charge in [0, 0.05) is 5.56 Å². The number of aromatic amines is 1. The third-order valence-corrected chi connectivity index (χ3v) is 4.27. The molecule has 1 aromatic heterocycles. The molecule has 1 aliphatic heterocycles. The lowest BCUT2D eigenvalue weighted by Gasteiger charge is -2.19. The minimum Gasteiger partial charge on any atom is -0.493 e. The highest BCUT2D eigenvalue weighted by Gasteiger charge is 2.31. The van der Waals surface area contributed by atoms with Gasteiger partial charge in [-0.25, -0.2) is 14.9 Å². The highest BCUT2D eigenvalue weighted by Crippen LogP contribution is 2.32. The Balaban J connectivity index is 1.79. The first-order chi connectivity index (χ1) is 13.1. The molecule has 1 amide bonds. The maximum absolute atomic E-state index is 11.0. The van der Waals surface area contributed by atoms with Crippen molar-refractivity contribution in [1.82, 2.24) is 4.98 Å². The van der Waals surface area contributed by atoms with Crippen molar-refractivity contribution in [3.63, 3.8) is 0 Å². The van der Waals surface area contributed by atoms with Crippen LogP contribution in [0.3, 0.4) is 0 Å². The van der Waals surface area contributed by atoms with E-state index in [2.05, 4.69) is 15.3 Å². The van der Waals surface area contributed by atoms with Crippen molar-refractivity contribution in [2.75, 3.05) is 19.0 Å². The number of benzene rings is 2. The van der Waals surface area contributed by atoms with Crippen LogP contribution in [0.25, 0.3) is 11.0 Å². The Morgan fingerprint density at radius 3 is 2.85 bits per heavy atom. The Hall–Kier alpha value is -3.75. The van der Waals surface area contributed by atoms with Crippen molar-refractivity contribution in [2.24, 2.45) is 16.5 Å². The van der Waals surface area contributed by atoms with Gasteiger partial charge in [0.2, 0.25) is 6.17 Å². The van der Waals surface area contributed by atoms with E-state index in [9.17, 15) is 4.79 Å². The number of para-hydroxylation sites is 2. The third-order valence-electron chi connectivity index (χ3n) is 4.27. The number of aromatic nitrogens is 2. The zero-order valence-corrected chi connectivity index (χ0v) is 14.6. The number of methoxy groups -OCH3 is 1. The van der Waals surface area contributed by atoms with E-state index in [1.54, 1.807) is 6.07 Å². The second kappa shape index (κ2) is 6.52. The number of guanidine groups is 1. The van der Waals surface area contributed by atoms with Crippen LogP contribution < -0.4 is 30.8 Å². The molecule has 0 radical (unpaired) electrons. The summed E-state index contributed by atoms with van der Waals surface area (Å²) >= 11 is 0. The topological polar surface area (TPSA) is 132 Å². The fourth-order valence-electron chi connectivity index (χ4n) is 3.12. The number of hydrogen-bond donors (Lipinski definition) is 4. The maximum Gasteiger partial charge on any atom is 0.365 e. The molecule has 9 heteroatoms. The molecular weight excluding hydrogens is 348 g/mol. The zero-order chi connectivity index (χ0) is 19.0. The first-order valence-corrected chi connectivity index (χ1v) is 8.28. The molecule has 0 bridgehead atoms. The summed E-state index contributed by atoms with van der Waals surface area (Å²) in [5.41, 5.74) is 13.9. The number of rotatable bonds is 5. The van der Waals surface area contributed by atoms with Crippen molar-refractivity contribution < 1.29 is 18.8 Å². The van der Waals surface area contributed by atoms with Gasteiger partial charge in [0.05, 0.1) is 7.11 Å². The molecule has 9 nitrogen and oxygen atoms in total. The molecule has 1 aliphatic rings. The van der Waals surface area contributed by atoms with Gasteiger partial charge in [-0.15, -0.1) is 0 Å². The molecule has 3 aromatic rings. The van der Waals surface area contributed by atoms with Crippen molar-refractivity contribution in [2.45, 2.75) is 6.17 Å². The number of nitrogens with two attached hydrogens (primary N) is 2. The SMILES string of the molecule is COc1cc([C@@H]2N=C(N)Nc3[nH]c4ccccc4[n+]32)ccc1OCC(N)=O. The number of amides is 1. The van der Waals surface area contributed by atoms with Crippen LogP contribution in [0.2, 0.25) is 0 Å². The first-order valence-electron chi connectivity index (χ1n) is 8.28. The smallest absolute Gasteiger partial charge is 0.365 e. The van der Waals surface area contributed by atoms with E-state index in [-0.39, 0.29) is 6.61 Å². The van der Waals surface area contributed by atoms with Gasteiger partial charge in [-0.05, 0) is 30.3 Å². The standard InChI is InChI=1S/C18H18N6O3/c1-26-14-8-10(6-7-13(14)27-9-15(19)25)16-22-17(20)23-18-21-11-4-2-3-5-12(11)24(16)18/h2-8,16H,9H2,1H3,(H5,19,20,21,22,23,25)/p+1/t16-/m1/s1. The molecule has 138 valence electrons. The van der Waals surface area contributed by atoms with E-state index in [1.165, 1.54) is 7.11 Å². The molecule has 2 heterocycles. The number of hydrogen-bond acceptors (Lipinski definition) is 6. The van der Waals surface area contributed by atoms with Gasteiger partial charge in [0.1, 0.15) is 11.0 Å². The number of nitrogens with zero attached hydrogens (tertiary/aromatic N) is 2. The molecule has 0 aliphatic carbocycles. The number of anilines is 1. The second-order valence-corrected chi connectivity index (χ2v) is 6.04. The summed E-state index contributed by atoms with van der Waals surface area (Å²) in [5.74, 6) is 1.38. The lowest BCUT2D eigenvalue weighted by Crippen LogP contribution is -2.48. The Bertz CT molecular complexity index is 1060. The minimum atomic E-state index is -0.559. The fraction of sp³-hybridized carbons (Fsp3) is 0.167. The van der Waals surface area contributed by atoms with Crippen LogP contribution in [0.1, 0.15) is 11.7 Å². The van der Waals surface area contributed by atoms with Crippen molar-refractivity contribution >= 4 is 28.8 Å². The minimum absolute atomic E-state index is 0.227. The van der Waals surface area contributed by atoms with Crippen molar-refractivity contribution in [1.29, 1.82) is 0 Å². The van der Waals surface area contributed by atoms with Crippen LogP contribution in [-0.4, -0.2) is 30.6 Å². The maximum atomic E-state index is 11.0. The summed E-state index contributed by atoms with van der Waals surface area (Å²) in [6.07, 6.45) is -0.392. The van der Waals surface area contributed by atoms with Crippen LogP contribution in [-0.2, 0) is 4.79 Å². The molecule has 0 saturated carbocycles. The zero-order valence-electron chi connectivity index (χ0n) is 14.6. The number of primary amides is 1. The molecule has 2 aromatic carbocycles. The lowest BCUT2D eigenvalue weighted by atomic mass is 10.1. The summed E-state index contributed by atoms with van der Waals surface area (Å²) in [7, 11) is 1.53. The molecule has 1 atom stereocenters. The van der Waals surface area contributed by atoms with E-state index in [1.807, 2.05) is 41.0 Å². The summed E-state index contributed by atoms with van der Waals surface area (Å²) in [6, 6.07) is 13.3. The molecule has 27 heavy (non-hydrogen) atoms. The number of aliphatic imine (C=N–C) groups is 1. The number of nitrogens with one attached hydrogen (secondary N) is 2. The summed E-state index contributed by atoms with van der Waals surface area (Å²) in [5, 5.41) is 3.05. The first kappa shape index (κ1) is 16.7. The van der Waals surface area contributed by atoms with Crippen molar-refractivity contribution in [3.05, 3.63) is 48.0 Å². The van der Waals surface area contributed by atoms with Gasteiger partial charge in [-0.1, -0.05) is 12.1 Å². The number of carbonyl (C=O) groups is 1. The molecule has 0 unspecified atom stereocenters. The van der Waals surface area contributed by atoms with E-state index < -0.39 is 12.1 Å².